The predicted octanol–water partition coefficient (Wildman–Crippen LogP) is 4.60. The second-order valence-corrected chi connectivity index (χ2v) is 7.79. The SMILES string of the molecule is COc1cc(NC(=O)CSc2ncc(-c3ccc(Br)cc3)n2C)cc(OC)c1. The van der Waals surface area contributed by atoms with Gasteiger partial charge < -0.3 is 19.4 Å². The standard InChI is InChI=1S/C20H20BrN3O3S/c1-24-18(13-4-6-14(21)7-5-13)11-22-20(24)28-12-19(25)23-15-8-16(26-2)10-17(9-15)27-3/h4-11H,12H2,1-3H3,(H,23,25). The minimum absolute atomic E-state index is 0.131. The van der Waals surface area contributed by atoms with E-state index in [9.17, 15) is 4.79 Å². The van der Waals surface area contributed by atoms with Crippen LogP contribution in [0.5, 0.6) is 11.5 Å². The number of imidazole rings is 1. The van der Waals surface area contributed by atoms with Crippen molar-refractivity contribution in [1.29, 1.82) is 0 Å². The molecule has 3 aromatic rings. The third-order valence-corrected chi connectivity index (χ3v) is 5.63. The summed E-state index contributed by atoms with van der Waals surface area (Å²) in [5.41, 5.74) is 2.68. The van der Waals surface area contributed by atoms with E-state index in [-0.39, 0.29) is 11.7 Å². The third kappa shape index (κ3) is 4.88. The molecule has 1 heterocycles. The molecule has 0 saturated heterocycles. The minimum atomic E-state index is -0.131. The van der Waals surface area contributed by atoms with Gasteiger partial charge in [-0.05, 0) is 17.7 Å². The smallest absolute Gasteiger partial charge is 0.234 e. The van der Waals surface area contributed by atoms with Crippen LogP contribution in [0.25, 0.3) is 11.3 Å². The lowest BCUT2D eigenvalue weighted by molar-refractivity contribution is -0.113. The van der Waals surface area contributed by atoms with Crippen LogP contribution in [0.15, 0.2) is 58.3 Å². The lowest BCUT2D eigenvalue weighted by atomic mass is 10.2. The number of ether oxygens (including phenoxy) is 2. The highest BCUT2D eigenvalue weighted by Gasteiger charge is 2.12. The van der Waals surface area contributed by atoms with Crippen LogP contribution in [0.2, 0.25) is 0 Å². The predicted molar refractivity (Wildman–Crippen MR) is 115 cm³/mol. The van der Waals surface area contributed by atoms with Gasteiger partial charge in [0, 0.05) is 35.4 Å². The molecule has 6 nitrogen and oxygen atoms in total. The molecule has 0 radical (unpaired) electrons. The largest absolute Gasteiger partial charge is 0.497 e. The molecule has 0 spiro atoms. The fraction of sp³-hybridized carbons (Fsp3) is 0.200. The van der Waals surface area contributed by atoms with E-state index in [1.165, 1.54) is 11.8 Å². The number of benzene rings is 2. The minimum Gasteiger partial charge on any atom is -0.497 e. The maximum absolute atomic E-state index is 12.4. The highest BCUT2D eigenvalue weighted by Crippen LogP contribution is 2.28. The number of nitrogens with zero attached hydrogens (tertiary/aromatic N) is 2. The Morgan fingerprint density at radius 1 is 1.14 bits per heavy atom. The molecule has 0 fully saturated rings. The van der Waals surface area contributed by atoms with Gasteiger partial charge in [0.25, 0.3) is 0 Å². The van der Waals surface area contributed by atoms with Crippen molar-refractivity contribution in [2.24, 2.45) is 7.05 Å². The van der Waals surface area contributed by atoms with E-state index in [0.717, 1.165) is 20.9 Å². The average molecular weight is 462 g/mol. The van der Waals surface area contributed by atoms with Gasteiger partial charge in [0.05, 0.1) is 31.9 Å². The Hall–Kier alpha value is -2.45. The van der Waals surface area contributed by atoms with Crippen molar-refractivity contribution in [2.75, 3.05) is 25.3 Å². The molecule has 0 aliphatic carbocycles. The van der Waals surface area contributed by atoms with Crippen LogP contribution in [-0.2, 0) is 11.8 Å². The Balaban J connectivity index is 1.64. The molecule has 0 unspecified atom stereocenters. The number of carbonyl (C=O) groups is 1. The maximum atomic E-state index is 12.4. The summed E-state index contributed by atoms with van der Waals surface area (Å²) in [5, 5.41) is 3.64. The molecule has 8 heteroatoms. The summed E-state index contributed by atoms with van der Waals surface area (Å²) >= 11 is 4.82. The van der Waals surface area contributed by atoms with Gasteiger partial charge in [-0.15, -0.1) is 0 Å². The lowest BCUT2D eigenvalue weighted by Gasteiger charge is -2.10. The molecule has 0 aliphatic heterocycles. The average Bonchev–Trinajstić information content (AvgIpc) is 3.07. The number of nitrogens with one attached hydrogen (secondary N) is 1. The number of hydrogen-bond donors (Lipinski definition) is 1. The van der Waals surface area contributed by atoms with Crippen LogP contribution in [0.1, 0.15) is 0 Å². The quantitative estimate of drug-likeness (QED) is 0.520. The Bertz CT molecular complexity index is 951. The van der Waals surface area contributed by atoms with Gasteiger partial charge in [-0.25, -0.2) is 4.98 Å². The first-order valence-electron chi connectivity index (χ1n) is 8.43. The van der Waals surface area contributed by atoms with Gasteiger partial charge in [-0.1, -0.05) is 39.8 Å². The van der Waals surface area contributed by atoms with Crippen molar-refractivity contribution < 1.29 is 14.3 Å². The van der Waals surface area contributed by atoms with Crippen molar-refractivity contribution in [3.05, 3.63) is 53.1 Å². The van der Waals surface area contributed by atoms with Crippen LogP contribution >= 0.6 is 27.7 Å². The molecule has 0 atom stereocenters. The molecule has 1 amide bonds. The lowest BCUT2D eigenvalue weighted by Crippen LogP contribution is -2.14. The number of rotatable bonds is 7. The molecular weight excluding hydrogens is 442 g/mol. The summed E-state index contributed by atoms with van der Waals surface area (Å²) in [6, 6.07) is 13.3. The number of aromatic nitrogens is 2. The summed E-state index contributed by atoms with van der Waals surface area (Å²) in [6.07, 6.45) is 1.82. The van der Waals surface area contributed by atoms with Crippen LogP contribution in [0.3, 0.4) is 0 Å². The fourth-order valence-electron chi connectivity index (χ4n) is 2.62. The van der Waals surface area contributed by atoms with Gasteiger partial charge in [-0.2, -0.15) is 0 Å². The van der Waals surface area contributed by atoms with Crippen LogP contribution in [-0.4, -0.2) is 35.4 Å². The number of thioether (sulfide) groups is 1. The number of methoxy groups -OCH3 is 2. The second kappa shape index (κ2) is 9.16. The topological polar surface area (TPSA) is 65.4 Å². The van der Waals surface area contributed by atoms with Gasteiger partial charge >= 0.3 is 0 Å². The van der Waals surface area contributed by atoms with E-state index in [2.05, 4.69) is 26.2 Å². The van der Waals surface area contributed by atoms with Crippen molar-refractivity contribution in [1.82, 2.24) is 9.55 Å². The zero-order valence-electron chi connectivity index (χ0n) is 15.7. The first-order chi connectivity index (χ1) is 13.5. The van der Waals surface area contributed by atoms with E-state index >= 15 is 0 Å². The number of carbonyl (C=O) groups excluding carboxylic acids is 1. The molecule has 0 aliphatic rings. The molecular formula is C20H20BrN3O3S. The zero-order valence-corrected chi connectivity index (χ0v) is 18.1. The van der Waals surface area contributed by atoms with Crippen LogP contribution in [0.4, 0.5) is 5.69 Å². The molecule has 0 saturated carbocycles. The number of hydrogen-bond acceptors (Lipinski definition) is 5. The Kier molecular flexibility index (Phi) is 6.64. The normalized spacial score (nSPS) is 10.6. The molecule has 146 valence electrons. The summed E-state index contributed by atoms with van der Waals surface area (Å²) < 4.78 is 13.5. The van der Waals surface area contributed by atoms with Gasteiger partial charge in [0.2, 0.25) is 5.91 Å². The maximum Gasteiger partial charge on any atom is 0.234 e. The Labute approximate surface area is 176 Å². The van der Waals surface area contributed by atoms with Crippen LogP contribution < -0.4 is 14.8 Å². The van der Waals surface area contributed by atoms with E-state index in [4.69, 9.17) is 9.47 Å². The monoisotopic (exact) mass is 461 g/mol. The Morgan fingerprint density at radius 2 is 1.79 bits per heavy atom. The first kappa shape index (κ1) is 20.3. The Morgan fingerprint density at radius 3 is 2.39 bits per heavy atom. The van der Waals surface area contributed by atoms with E-state index in [0.29, 0.717) is 17.2 Å². The zero-order chi connectivity index (χ0) is 20.1. The van der Waals surface area contributed by atoms with Crippen molar-refractivity contribution in [3.63, 3.8) is 0 Å². The molecule has 0 bridgehead atoms. The molecule has 1 N–H and O–H groups in total. The first-order valence-corrected chi connectivity index (χ1v) is 10.2. The van der Waals surface area contributed by atoms with Gasteiger partial charge in [0.1, 0.15) is 11.5 Å². The van der Waals surface area contributed by atoms with Crippen molar-refractivity contribution in [2.45, 2.75) is 5.16 Å². The summed E-state index contributed by atoms with van der Waals surface area (Å²) in [7, 11) is 5.08. The van der Waals surface area contributed by atoms with E-state index in [1.54, 1.807) is 32.4 Å². The molecule has 2 aromatic carbocycles. The second-order valence-electron chi connectivity index (χ2n) is 5.93. The molecule has 3 rings (SSSR count). The van der Waals surface area contributed by atoms with Crippen LogP contribution in [0, 0.1) is 0 Å². The summed E-state index contributed by atoms with van der Waals surface area (Å²) in [5.74, 6) is 1.34. The van der Waals surface area contributed by atoms with Crippen molar-refractivity contribution in [3.8, 4) is 22.8 Å². The fourth-order valence-corrected chi connectivity index (χ4v) is 3.64. The summed E-state index contributed by atoms with van der Waals surface area (Å²) in [4.78, 5) is 16.8. The van der Waals surface area contributed by atoms with Crippen molar-refractivity contribution >= 4 is 39.3 Å². The summed E-state index contributed by atoms with van der Waals surface area (Å²) in [6.45, 7) is 0. The number of amides is 1. The highest BCUT2D eigenvalue weighted by molar-refractivity contribution is 9.10. The molecule has 28 heavy (non-hydrogen) atoms. The molecule has 1 aromatic heterocycles. The van der Waals surface area contributed by atoms with E-state index < -0.39 is 0 Å². The van der Waals surface area contributed by atoms with Gasteiger partial charge in [0.15, 0.2) is 5.16 Å². The van der Waals surface area contributed by atoms with E-state index in [1.807, 2.05) is 42.1 Å². The number of anilines is 1. The van der Waals surface area contributed by atoms with Gasteiger partial charge in [-0.3, -0.25) is 4.79 Å². The third-order valence-electron chi connectivity index (χ3n) is 4.05. The highest BCUT2D eigenvalue weighted by atomic mass is 79.9. The number of halogens is 1.